The molecular weight excluding hydrogens is 396 g/mol. The van der Waals surface area contributed by atoms with Gasteiger partial charge < -0.3 is 9.47 Å². The predicted molar refractivity (Wildman–Crippen MR) is 128 cm³/mol. The maximum Gasteiger partial charge on any atom is 0.302 e. The molecule has 5 rings (SSSR count). The molecule has 0 aromatic carbocycles. The zero-order valence-corrected chi connectivity index (χ0v) is 21.3. The molecular formula is C29H46O3. The van der Waals surface area contributed by atoms with Crippen molar-refractivity contribution in [2.24, 2.45) is 46.3 Å². The smallest absolute Gasteiger partial charge is 0.302 e. The van der Waals surface area contributed by atoms with Crippen LogP contribution in [0.3, 0.4) is 0 Å². The molecule has 5 aliphatic rings. The lowest BCUT2D eigenvalue weighted by Crippen LogP contribution is -2.52. The van der Waals surface area contributed by atoms with Crippen molar-refractivity contribution in [1.29, 1.82) is 0 Å². The third kappa shape index (κ3) is 3.56. The van der Waals surface area contributed by atoms with Gasteiger partial charge in [-0.1, -0.05) is 33.6 Å². The third-order valence-electron chi connectivity index (χ3n) is 11.2. The number of rotatable bonds is 5. The van der Waals surface area contributed by atoms with E-state index in [1.165, 1.54) is 70.5 Å². The van der Waals surface area contributed by atoms with Gasteiger partial charge in [-0.05, 0) is 104 Å². The fourth-order valence-corrected chi connectivity index (χ4v) is 9.60. The van der Waals surface area contributed by atoms with Gasteiger partial charge in [0.25, 0.3) is 0 Å². The van der Waals surface area contributed by atoms with E-state index in [0.717, 1.165) is 36.5 Å². The topological polar surface area (TPSA) is 35.5 Å². The molecule has 0 radical (unpaired) electrons. The highest BCUT2D eigenvalue weighted by Gasteiger charge is 2.64. The van der Waals surface area contributed by atoms with Crippen molar-refractivity contribution in [3.63, 3.8) is 0 Å². The van der Waals surface area contributed by atoms with E-state index in [-0.39, 0.29) is 5.97 Å². The quantitative estimate of drug-likeness (QED) is 0.419. The maximum atomic E-state index is 11.1. The van der Waals surface area contributed by atoms with Gasteiger partial charge in [-0.25, -0.2) is 0 Å². The maximum absolute atomic E-state index is 11.1. The summed E-state index contributed by atoms with van der Waals surface area (Å²) in [7, 11) is 0. The van der Waals surface area contributed by atoms with Crippen LogP contribution in [0.15, 0.2) is 11.3 Å². The van der Waals surface area contributed by atoms with E-state index in [0.29, 0.717) is 35.4 Å². The van der Waals surface area contributed by atoms with Gasteiger partial charge in [0.05, 0.1) is 12.4 Å². The normalized spacial score (nSPS) is 45.9. The summed E-state index contributed by atoms with van der Waals surface area (Å²) in [6.07, 6.45) is 15.5. The fraction of sp³-hybridized carbons (Fsp3) is 0.897. The first-order valence-corrected chi connectivity index (χ1v) is 13.7. The van der Waals surface area contributed by atoms with Crippen LogP contribution in [-0.2, 0) is 14.3 Å². The number of esters is 1. The molecule has 4 saturated carbocycles. The van der Waals surface area contributed by atoms with E-state index in [4.69, 9.17) is 9.47 Å². The molecule has 3 nitrogen and oxygen atoms in total. The molecule has 3 heteroatoms. The summed E-state index contributed by atoms with van der Waals surface area (Å²) in [5, 5.41) is 0. The molecule has 0 aromatic rings. The van der Waals surface area contributed by atoms with Crippen molar-refractivity contribution in [3.8, 4) is 0 Å². The van der Waals surface area contributed by atoms with Crippen molar-refractivity contribution >= 4 is 5.97 Å². The van der Waals surface area contributed by atoms with Crippen LogP contribution in [-0.4, -0.2) is 18.7 Å². The molecule has 1 aliphatic heterocycles. The van der Waals surface area contributed by atoms with Crippen LogP contribution in [0, 0.1) is 46.3 Å². The van der Waals surface area contributed by atoms with Crippen LogP contribution in [0.25, 0.3) is 0 Å². The van der Waals surface area contributed by atoms with Crippen molar-refractivity contribution in [2.75, 3.05) is 6.61 Å². The first kappa shape index (κ1) is 22.8. The van der Waals surface area contributed by atoms with E-state index < -0.39 is 0 Å². The van der Waals surface area contributed by atoms with Gasteiger partial charge in [0.1, 0.15) is 6.10 Å². The Balaban J connectivity index is 1.29. The Kier molecular flexibility index (Phi) is 5.94. The Morgan fingerprint density at radius 2 is 1.91 bits per heavy atom. The standard InChI is InChI=1S/C29H46O3/c1-18(17-31-20(3)30)9-12-25-19(2)27-26(32-25)16-24-22-11-10-21-8-6-7-14-28(21,4)23(22)13-15-29(24,27)5/h18,21-24,26-27H,6-17H2,1-5H3. The van der Waals surface area contributed by atoms with Gasteiger partial charge in [-0.3, -0.25) is 4.79 Å². The Bertz CT molecular complexity index is 770. The van der Waals surface area contributed by atoms with Crippen LogP contribution >= 0.6 is 0 Å². The summed E-state index contributed by atoms with van der Waals surface area (Å²) in [5.41, 5.74) is 2.60. The Hall–Kier alpha value is -0.990. The second-order valence-corrected chi connectivity index (χ2v) is 12.9. The summed E-state index contributed by atoms with van der Waals surface area (Å²) < 4.78 is 11.9. The van der Waals surface area contributed by atoms with E-state index >= 15 is 0 Å². The second kappa shape index (κ2) is 8.35. The summed E-state index contributed by atoms with van der Waals surface area (Å²) >= 11 is 0. The van der Waals surface area contributed by atoms with Crippen LogP contribution in [0.2, 0.25) is 0 Å². The first-order chi connectivity index (χ1) is 15.2. The van der Waals surface area contributed by atoms with Gasteiger partial charge in [-0.15, -0.1) is 0 Å². The minimum absolute atomic E-state index is 0.176. The van der Waals surface area contributed by atoms with Gasteiger partial charge in [-0.2, -0.15) is 0 Å². The van der Waals surface area contributed by atoms with E-state index in [9.17, 15) is 4.79 Å². The highest BCUT2D eigenvalue weighted by molar-refractivity contribution is 5.65. The SMILES string of the molecule is CC(=O)OCC(C)CCC1=C(C)C2C(CC3C4CCC5CCCCC5(C)C4CCC32C)O1. The largest absolute Gasteiger partial charge is 0.494 e. The molecule has 0 saturated heterocycles. The highest BCUT2D eigenvalue weighted by Crippen LogP contribution is 2.69. The lowest BCUT2D eigenvalue weighted by atomic mass is 9.44. The van der Waals surface area contributed by atoms with Gasteiger partial charge in [0, 0.05) is 19.3 Å². The summed E-state index contributed by atoms with van der Waals surface area (Å²) in [4.78, 5) is 11.1. The Labute approximate surface area is 196 Å². The second-order valence-electron chi connectivity index (χ2n) is 12.9. The molecule has 0 aromatic heterocycles. The van der Waals surface area contributed by atoms with Crippen LogP contribution in [0.1, 0.15) is 105 Å². The highest BCUT2D eigenvalue weighted by atomic mass is 16.5. The fourth-order valence-electron chi connectivity index (χ4n) is 9.60. The lowest BCUT2D eigenvalue weighted by Gasteiger charge is -2.60. The van der Waals surface area contributed by atoms with Crippen molar-refractivity contribution in [2.45, 2.75) is 111 Å². The predicted octanol–water partition coefficient (Wildman–Crippen LogP) is 7.30. The molecule has 0 amide bonds. The molecule has 0 spiro atoms. The minimum Gasteiger partial charge on any atom is -0.494 e. The van der Waals surface area contributed by atoms with Gasteiger partial charge >= 0.3 is 5.97 Å². The van der Waals surface area contributed by atoms with Crippen molar-refractivity contribution in [3.05, 3.63) is 11.3 Å². The Morgan fingerprint density at radius 3 is 2.69 bits per heavy atom. The number of hydrogen-bond acceptors (Lipinski definition) is 3. The van der Waals surface area contributed by atoms with Crippen molar-refractivity contribution in [1.82, 2.24) is 0 Å². The van der Waals surface area contributed by atoms with Crippen LogP contribution in [0.4, 0.5) is 0 Å². The van der Waals surface area contributed by atoms with Crippen LogP contribution in [0.5, 0.6) is 0 Å². The third-order valence-corrected chi connectivity index (χ3v) is 11.2. The molecule has 4 aliphatic carbocycles. The molecule has 4 fully saturated rings. The zero-order valence-electron chi connectivity index (χ0n) is 21.3. The van der Waals surface area contributed by atoms with Gasteiger partial charge in [0.15, 0.2) is 0 Å². The minimum atomic E-state index is -0.176. The average molecular weight is 443 g/mol. The zero-order chi connectivity index (χ0) is 22.7. The molecule has 0 bridgehead atoms. The van der Waals surface area contributed by atoms with Gasteiger partial charge in [0.2, 0.25) is 0 Å². The van der Waals surface area contributed by atoms with Crippen LogP contribution < -0.4 is 0 Å². The molecule has 32 heavy (non-hydrogen) atoms. The number of carbonyl (C=O) groups excluding carboxylic acids is 1. The van der Waals surface area contributed by atoms with E-state index in [1.54, 1.807) is 5.57 Å². The lowest BCUT2D eigenvalue weighted by molar-refractivity contribution is -0.142. The molecule has 9 unspecified atom stereocenters. The summed E-state index contributed by atoms with van der Waals surface area (Å²) in [6.45, 7) is 11.9. The number of allylic oxidation sites excluding steroid dienone is 1. The summed E-state index contributed by atoms with van der Waals surface area (Å²) in [5.74, 6) is 5.85. The number of fused-ring (bicyclic) bond motifs is 7. The average Bonchev–Trinajstić information content (AvgIpc) is 3.23. The molecule has 0 N–H and O–H groups in total. The Morgan fingerprint density at radius 1 is 1.09 bits per heavy atom. The summed E-state index contributed by atoms with van der Waals surface area (Å²) in [6, 6.07) is 0. The number of hydrogen-bond donors (Lipinski definition) is 0. The van der Waals surface area contributed by atoms with Crippen molar-refractivity contribution < 1.29 is 14.3 Å². The molecule has 9 atom stereocenters. The van der Waals surface area contributed by atoms with E-state index in [2.05, 4.69) is 27.7 Å². The monoisotopic (exact) mass is 442 g/mol. The number of carbonyl (C=O) groups is 1. The first-order valence-electron chi connectivity index (χ1n) is 13.7. The molecule has 1 heterocycles. The number of ether oxygens (including phenoxy) is 2. The van der Waals surface area contributed by atoms with E-state index in [1.807, 2.05) is 0 Å². The molecule has 180 valence electrons.